The number of rotatable bonds is 2. The SMILES string of the molecule is CC1CCCC(Oc2cccnc2F)C1. The van der Waals surface area contributed by atoms with Gasteiger partial charge >= 0.3 is 0 Å². The van der Waals surface area contributed by atoms with E-state index < -0.39 is 5.95 Å². The molecular formula is C12H16FNO. The Hall–Kier alpha value is -1.12. The van der Waals surface area contributed by atoms with Crippen molar-refractivity contribution < 1.29 is 9.13 Å². The van der Waals surface area contributed by atoms with E-state index in [-0.39, 0.29) is 11.9 Å². The molecule has 3 heteroatoms. The molecule has 15 heavy (non-hydrogen) atoms. The molecule has 2 nitrogen and oxygen atoms in total. The summed E-state index contributed by atoms with van der Waals surface area (Å²) >= 11 is 0. The highest BCUT2D eigenvalue weighted by Crippen LogP contribution is 2.27. The summed E-state index contributed by atoms with van der Waals surface area (Å²) in [6.07, 6.45) is 6.08. The summed E-state index contributed by atoms with van der Waals surface area (Å²) in [7, 11) is 0. The van der Waals surface area contributed by atoms with Crippen LogP contribution in [0.3, 0.4) is 0 Å². The molecule has 0 aromatic carbocycles. The number of aromatic nitrogens is 1. The molecule has 1 heterocycles. The predicted octanol–water partition coefficient (Wildman–Crippen LogP) is 3.18. The van der Waals surface area contributed by atoms with Crippen molar-refractivity contribution in [1.29, 1.82) is 0 Å². The number of halogens is 1. The van der Waals surface area contributed by atoms with E-state index in [0.717, 1.165) is 12.8 Å². The van der Waals surface area contributed by atoms with Crippen LogP contribution in [0.1, 0.15) is 32.6 Å². The largest absolute Gasteiger partial charge is 0.486 e. The molecule has 1 fully saturated rings. The summed E-state index contributed by atoms with van der Waals surface area (Å²) < 4.78 is 18.8. The van der Waals surface area contributed by atoms with E-state index in [1.54, 1.807) is 12.1 Å². The van der Waals surface area contributed by atoms with Gasteiger partial charge in [0.15, 0.2) is 5.75 Å². The van der Waals surface area contributed by atoms with Crippen LogP contribution in [0.25, 0.3) is 0 Å². The van der Waals surface area contributed by atoms with Crippen LogP contribution in [-0.2, 0) is 0 Å². The van der Waals surface area contributed by atoms with Crippen LogP contribution in [0.2, 0.25) is 0 Å². The van der Waals surface area contributed by atoms with Crippen molar-refractivity contribution in [3.8, 4) is 5.75 Å². The van der Waals surface area contributed by atoms with E-state index in [9.17, 15) is 4.39 Å². The molecule has 0 aliphatic heterocycles. The third-order valence-electron chi connectivity index (χ3n) is 2.91. The van der Waals surface area contributed by atoms with Crippen LogP contribution < -0.4 is 4.74 Å². The molecule has 2 rings (SSSR count). The Kier molecular flexibility index (Phi) is 3.19. The maximum atomic E-state index is 13.2. The minimum absolute atomic E-state index is 0.160. The Morgan fingerprint density at radius 3 is 3.07 bits per heavy atom. The van der Waals surface area contributed by atoms with E-state index in [1.165, 1.54) is 19.0 Å². The topological polar surface area (TPSA) is 22.1 Å². The van der Waals surface area contributed by atoms with Gasteiger partial charge in [-0.2, -0.15) is 4.39 Å². The van der Waals surface area contributed by atoms with E-state index in [1.807, 2.05) is 0 Å². The minimum atomic E-state index is -0.504. The van der Waals surface area contributed by atoms with Crippen LogP contribution >= 0.6 is 0 Å². The van der Waals surface area contributed by atoms with Gasteiger partial charge in [0.2, 0.25) is 0 Å². The normalized spacial score (nSPS) is 26.3. The van der Waals surface area contributed by atoms with Crippen molar-refractivity contribution >= 4 is 0 Å². The summed E-state index contributed by atoms with van der Waals surface area (Å²) in [5.41, 5.74) is 0. The van der Waals surface area contributed by atoms with Crippen LogP contribution in [0.15, 0.2) is 18.3 Å². The highest BCUT2D eigenvalue weighted by molar-refractivity contribution is 5.18. The summed E-state index contributed by atoms with van der Waals surface area (Å²) in [6.45, 7) is 2.22. The molecule has 82 valence electrons. The Bertz CT molecular complexity index is 329. The van der Waals surface area contributed by atoms with Gasteiger partial charge in [-0.05, 0) is 37.3 Å². The molecule has 0 radical (unpaired) electrons. The number of hydrogen-bond acceptors (Lipinski definition) is 2. The fraction of sp³-hybridized carbons (Fsp3) is 0.583. The molecule has 1 aromatic heterocycles. The fourth-order valence-electron chi connectivity index (χ4n) is 2.12. The van der Waals surface area contributed by atoms with Crippen molar-refractivity contribution in [2.24, 2.45) is 5.92 Å². The van der Waals surface area contributed by atoms with Gasteiger partial charge in [0.05, 0.1) is 6.10 Å². The highest BCUT2D eigenvalue weighted by Gasteiger charge is 2.21. The van der Waals surface area contributed by atoms with E-state index in [0.29, 0.717) is 5.92 Å². The average Bonchev–Trinajstić information content (AvgIpc) is 2.22. The molecule has 1 aromatic rings. The Balaban J connectivity index is 1.99. The van der Waals surface area contributed by atoms with Crippen molar-refractivity contribution in [2.45, 2.75) is 38.7 Å². The molecule has 0 N–H and O–H groups in total. The third kappa shape index (κ3) is 2.67. The van der Waals surface area contributed by atoms with Gasteiger partial charge in [0.1, 0.15) is 0 Å². The first kappa shape index (κ1) is 10.4. The zero-order valence-corrected chi connectivity index (χ0v) is 8.95. The first-order chi connectivity index (χ1) is 7.25. The Morgan fingerprint density at radius 1 is 1.47 bits per heavy atom. The first-order valence-electron chi connectivity index (χ1n) is 5.53. The van der Waals surface area contributed by atoms with Gasteiger partial charge in [-0.3, -0.25) is 0 Å². The fourth-order valence-corrected chi connectivity index (χ4v) is 2.12. The summed E-state index contributed by atoms with van der Waals surface area (Å²) in [5, 5.41) is 0. The highest BCUT2D eigenvalue weighted by atomic mass is 19.1. The Labute approximate surface area is 89.5 Å². The van der Waals surface area contributed by atoms with Crippen molar-refractivity contribution in [3.63, 3.8) is 0 Å². The van der Waals surface area contributed by atoms with E-state index in [2.05, 4.69) is 11.9 Å². The molecule has 2 unspecified atom stereocenters. The molecule has 1 saturated carbocycles. The lowest BCUT2D eigenvalue weighted by molar-refractivity contribution is 0.123. The lowest BCUT2D eigenvalue weighted by atomic mass is 9.89. The van der Waals surface area contributed by atoms with Gasteiger partial charge < -0.3 is 4.74 Å². The average molecular weight is 209 g/mol. The van der Waals surface area contributed by atoms with Crippen molar-refractivity contribution in [1.82, 2.24) is 4.98 Å². The lowest BCUT2D eigenvalue weighted by Crippen LogP contribution is -2.24. The van der Waals surface area contributed by atoms with E-state index in [4.69, 9.17) is 4.74 Å². The van der Waals surface area contributed by atoms with Crippen LogP contribution in [0.5, 0.6) is 5.75 Å². The van der Waals surface area contributed by atoms with Crippen LogP contribution in [-0.4, -0.2) is 11.1 Å². The summed E-state index contributed by atoms with van der Waals surface area (Å²) in [5.74, 6) is 0.468. The second-order valence-corrected chi connectivity index (χ2v) is 4.30. The molecule has 0 saturated heterocycles. The third-order valence-corrected chi connectivity index (χ3v) is 2.91. The van der Waals surface area contributed by atoms with Gasteiger partial charge in [0, 0.05) is 6.20 Å². The Morgan fingerprint density at radius 2 is 2.33 bits per heavy atom. The maximum absolute atomic E-state index is 13.2. The molecule has 0 amide bonds. The minimum Gasteiger partial charge on any atom is -0.486 e. The van der Waals surface area contributed by atoms with E-state index >= 15 is 0 Å². The second kappa shape index (κ2) is 4.60. The van der Waals surface area contributed by atoms with Crippen LogP contribution in [0, 0.1) is 11.9 Å². The predicted molar refractivity (Wildman–Crippen MR) is 56.2 cm³/mol. The smallest absolute Gasteiger partial charge is 0.255 e. The molecule has 1 aliphatic carbocycles. The standard InChI is InChI=1S/C12H16FNO/c1-9-4-2-5-10(8-9)15-11-6-3-7-14-12(11)13/h3,6-7,9-10H,2,4-5,8H2,1H3. The number of ether oxygens (including phenoxy) is 1. The zero-order chi connectivity index (χ0) is 10.7. The molecule has 1 aliphatic rings. The summed E-state index contributed by atoms with van der Waals surface area (Å²) in [6, 6.07) is 3.34. The molecule has 2 atom stereocenters. The number of nitrogens with zero attached hydrogens (tertiary/aromatic N) is 1. The second-order valence-electron chi connectivity index (χ2n) is 4.30. The zero-order valence-electron chi connectivity index (χ0n) is 8.95. The van der Waals surface area contributed by atoms with Crippen molar-refractivity contribution in [3.05, 3.63) is 24.3 Å². The molecule has 0 spiro atoms. The summed E-state index contributed by atoms with van der Waals surface area (Å²) in [4.78, 5) is 3.57. The van der Waals surface area contributed by atoms with Gasteiger partial charge in [0.25, 0.3) is 5.95 Å². The van der Waals surface area contributed by atoms with Gasteiger partial charge in [-0.25, -0.2) is 4.98 Å². The molecule has 0 bridgehead atoms. The lowest BCUT2D eigenvalue weighted by Gasteiger charge is -2.27. The van der Waals surface area contributed by atoms with Gasteiger partial charge in [-0.1, -0.05) is 13.3 Å². The van der Waals surface area contributed by atoms with Crippen LogP contribution in [0.4, 0.5) is 4.39 Å². The maximum Gasteiger partial charge on any atom is 0.255 e. The number of pyridine rings is 1. The van der Waals surface area contributed by atoms with Crippen molar-refractivity contribution in [2.75, 3.05) is 0 Å². The molecular weight excluding hydrogens is 193 g/mol. The first-order valence-corrected chi connectivity index (χ1v) is 5.53. The quantitative estimate of drug-likeness (QED) is 0.698. The number of hydrogen-bond donors (Lipinski definition) is 0. The van der Waals surface area contributed by atoms with Gasteiger partial charge in [-0.15, -0.1) is 0 Å². The monoisotopic (exact) mass is 209 g/mol.